The lowest BCUT2D eigenvalue weighted by Crippen LogP contribution is -2.42. The van der Waals surface area contributed by atoms with Gasteiger partial charge >= 0.3 is 0 Å². The monoisotopic (exact) mass is 341 g/mol. The number of aliphatic hydroxyl groups excluding tert-OH is 1. The molecular weight excluding hydrogens is 318 g/mol. The number of aliphatic hydroxyl groups is 1. The van der Waals surface area contributed by atoms with Gasteiger partial charge in [-0.3, -0.25) is 4.90 Å². The standard InChI is InChI=1S/C19H23N3O3/c1-14-6-7-18(25-14)19-20-16-4-2-3-5-17(16)22(19)13-15(23)12-21-8-10-24-11-9-21/h2-7,15,23H,8-13H2,1H3. The molecule has 1 N–H and O–H groups in total. The molecule has 25 heavy (non-hydrogen) atoms. The highest BCUT2D eigenvalue weighted by Crippen LogP contribution is 2.26. The Morgan fingerprint density at radius 1 is 1.12 bits per heavy atom. The second-order valence-electron chi connectivity index (χ2n) is 6.51. The number of β-amino-alcohol motifs (C(OH)–C–C–N with tert-alkyl or cyclic N) is 1. The van der Waals surface area contributed by atoms with Crippen LogP contribution in [0.2, 0.25) is 0 Å². The number of imidazole rings is 1. The molecule has 3 heterocycles. The van der Waals surface area contributed by atoms with Crippen LogP contribution in [0.25, 0.3) is 22.6 Å². The second-order valence-corrected chi connectivity index (χ2v) is 6.51. The molecule has 0 amide bonds. The summed E-state index contributed by atoms with van der Waals surface area (Å²) in [6.07, 6.45) is -0.481. The van der Waals surface area contributed by atoms with E-state index >= 15 is 0 Å². The number of furan rings is 1. The molecule has 1 atom stereocenters. The molecule has 132 valence electrons. The van der Waals surface area contributed by atoms with Gasteiger partial charge in [0.2, 0.25) is 0 Å². The highest BCUT2D eigenvalue weighted by Gasteiger charge is 2.20. The number of hydrogen-bond donors (Lipinski definition) is 1. The fraction of sp³-hybridized carbons (Fsp3) is 0.421. The molecule has 0 radical (unpaired) electrons. The average Bonchev–Trinajstić information content (AvgIpc) is 3.20. The van der Waals surface area contributed by atoms with Crippen LogP contribution in [0.4, 0.5) is 0 Å². The molecule has 3 aromatic rings. The van der Waals surface area contributed by atoms with Gasteiger partial charge in [0.15, 0.2) is 11.6 Å². The largest absolute Gasteiger partial charge is 0.458 e. The summed E-state index contributed by atoms with van der Waals surface area (Å²) < 4.78 is 13.2. The van der Waals surface area contributed by atoms with E-state index in [9.17, 15) is 5.11 Å². The quantitative estimate of drug-likeness (QED) is 0.771. The van der Waals surface area contributed by atoms with Crippen molar-refractivity contribution in [3.63, 3.8) is 0 Å². The molecule has 1 aliphatic heterocycles. The zero-order chi connectivity index (χ0) is 17.2. The van der Waals surface area contributed by atoms with Crippen molar-refractivity contribution in [2.24, 2.45) is 0 Å². The van der Waals surface area contributed by atoms with E-state index in [1.165, 1.54) is 0 Å². The molecule has 0 spiro atoms. The summed E-state index contributed by atoms with van der Waals surface area (Å²) in [6, 6.07) is 11.8. The second kappa shape index (κ2) is 7.00. The van der Waals surface area contributed by atoms with Gasteiger partial charge in [-0.25, -0.2) is 4.98 Å². The first-order valence-electron chi connectivity index (χ1n) is 8.71. The highest BCUT2D eigenvalue weighted by atomic mass is 16.5. The summed E-state index contributed by atoms with van der Waals surface area (Å²) in [6.45, 7) is 6.23. The summed E-state index contributed by atoms with van der Waals surface area (Å²) in [5.74, 6) is 2.34. The van der Waals surface area contributed by atoms with Crippen LogP contribution in [-0.2, 0) is 11.3 Å². The smallest absolute Gasteiger partial charge is 0.177 e. The van der Waals surface area contributed by atoms with Crippen molar-refractivity contribution >= 4 is 11.0 Å². The Morgan fingerprint density at radius 3 is 2.68 bits per heavy atom. The number of hydrogen-bond acceptors (Lipinski definition) is 5. The normalized spacial score (nSPS) is 17.2. The number of benzene rings is 1. The number of rotatable bonds is 5. The van der Waals surface area contributed by atoms with E-state index in [0.29, 0.717) is 13.1 Å². The Bertz CT molecular complexity index is 849. The molecule has 0 aliphatic carbocycles. The minimum atomic E-state index is -0.481. The van der Waals surface area contributed by atoms with E-state index in [4.69, 9.17) is 14.1 Å². The maximum absolute atomic E-state index is 10.6. The molecular formula is C19H23N3O3. The lowest BCUT2D eigenvalue weighted by molar-refractivity contribution is 0.0118. The van der Waals surface area contributed by atoms with Crippen LogP contribution in [-0.4, -0.2) is 58.5 Å². The molecule has 1 unspecified atom stereocenters. The summed E-state index contributed by atoms with van der Waals surface area (Å²) in [5, 5.41) is 10.6. The molecule has 1 aromatic carbocycles. The van der Waals surface area contributed by atoms with Crippen LogP contribution in [0, 0.1) is 6.92 Å². The van der Waals surface area contributed by atoms with E-state index in [0.717, 1.165) is 54.7 Å². The molecule has 1 saturated heterocycles. The van der Waals surface area contributed by atoms with Gasteiger partial charge in [-0.15, -0.1) is 0 Å². The van der Waals surface area contributed by atoms with Crippen molar-refractivity contribution in [1.82, 2.24) is 14.5 Å². The highest BCUT2D eigenvalue weighted by molar-refractivity contribution is 5.79. The summed E-state index contributed by atoms with van der Waals surface area (Å²) in [7, 11) is 0. The number of ether oxygens (including phenoxy) is 1. The minimum Gasteiger partial charge on any atom is -0.458 e. The van der Waals surface area contributed by atoms with Crippen LogP contribution in [0.15, 0.2) is 40.8 Å². The molecule has 1 fully saturated rings. The average molecular weight is 341 g/mol. The van der Waals surface area contributed by atoms with Crippen LogP contribution in [0.1, 0.15) is 5.76 Å². The maximum Gasteiger partial charge on any atom is 0.177 e. The lowest BCUT2D eigenvalue weighted by atomic mass is 10.2. The zero-order valence-corrected chi connectivity index (χ0v) is 14.4. The number of aromatic nitrogens is 2. The number of fused-ring (bicyclic) bond motifs is 1. The number of morpholine rings is 1. The number of nitrogens with zero attached hydrogens (tertiary/aromatic N) is 3. The topological polar surface area (TPSA) is 63.7 Å². The van der Waals surface area contributed by atoms with E-state index in [-0.39, 0.29) is 0 Å². The van der Waals surface area contributed by atoms with Gasteiger partial charge in [-0.1, -0.05) is 12.1 Å². The van der Waals surface area contributed by atoms with Gasteiger partial charge in [0, 0.05) is 19.6 Å². The van der Waals surface area contributed by atoms with Gasteiger partial charge in [-0.05, 0) is 31.2 Å². The van der Waals surface area contributed by atoms with Crippen molar-refractivity contribution in [2.45, 2.75) is 19.6 Å². The van der Waals surface area contributed by atoms with Crippen molar-refractivity contribution in [3.8, 4) is 11.6 Å². The number of para-hydroxylation sites is 2. The number of aryl methyl sites for hydroxylation is 1. The van der Waals surface area contributed by atoms with Crippen molar-refractivity contribution < 1.29 is 14.3 Å². The zero-order valence-electron chi connectivity index (χ0n) is 14.4. The Morgan fingerprint density at radius 2 is 1.92 bits per heavy atom. The van der Waals surface area contributed by atoms with Gasteiger partial charge in [0.05, 0.1) is 36.9 Å². The fourth-order valence-electron chi connectivity index (χ4n) is 3.35. The molecule has 6 nitrogen and oxygen atoms in total. The third kappa shape index (κ3) is 3.46. The Kier molecular flexibility index (Phi) is 4.57. The fourth-order valence-corrected chi connectivity index (χ4v) is 3.35. The predicted octanol–water partition coefficient (Wildman–Crippen LogP) is 2.30. The Hall–Kier alpha value is -2.15. The third-order valence-corrected chi connectivity index (χ3v) is 4.58. The summed E-state index contributed by atoms with van der Waals surface area (Å²) >= 11 is 0. The summed E-state index contributed by atoms with van der Waals surface area (Å²) in [4.78, 5) is 6.96. The summed E-state index contributed by atoms with van der Waals surface area (Å²) in [5.41, 5.74) is 1.91. The van der Waals surface area contributed by atoms with Crippen molar-refractivity contribution in [1.29, 1.82) is 0 Å². The molecule has 1 aliphatic rings. The first kappa shape index (κ1) is 16.3. The van der Waals surface area contributed by atoms with Gasteiger partial charge in [0.25, 0.3) is 0 Å². The van der Waals surface area contributed by atoms with E-state index in [1.807, 2.05) is 43.3 Å². The molecule has 0 bridgehead atoms. The van der Waals surface area contributed by atoms with E-state index in [1.54, 1.807) is 0 Å². The van der Waals surface area contributed by atoms with Crippen LogP contribution in [0.3, 0.4) is 0 Å². The van der Waals surface area contributed by atoms with Crippen molar-refractivity contribution in [2.75, 3.05) is 32.8 Å². The maximum atomic E-state index is 10.6. The van der Waals surface area contributed by atoms with Gasteiger partial charge in [0.1, 0.15) is 5.76 Å². The molecule has 6 heteroatoms. The predicted molar refractivity (Wildman–Crippen MR) is 95.4 cm³/mol. The SMILES string of the molecule is Cc1ccc(-c2nc3ccccc3n2CC(O)CN2CCOCC2)o1. The molecule has 0 saturated carbocycles. The first-order chi connectivity index (χ1) is 12.2. The van der Waals surface area contributed by atoms with Crippen LogP contribution >= 0.6 is 0 Å². The first-order valence-corrected chi connectivity index (χ1v) is 8.71. The lowest BCUT2D eigenvalue weighted by Gasteiger charge is -2.28. The van der Waals surface area contributed by atoms with Gasteiger partial charge in [-0.2, -0.15) is 0 Å². The molecule has 2 aromatic heterocycles. The van der Waals surface area contributed by atoms with Crippen molar-refractivity contribution in [3.05, 3.63) is 42.2 Å². The van der Waals surface area contributed by atoms with Crippen LogP contribution < -0.4 is 0 Å². The Labute approximate surface area is 146 Å². The van der Waals surface area contributed by atoms with E-state index < -0.39 is 6.10 Å². The van der Waals surface area contributed by atoms with E-state index in [2.05, 4.69) is 9.47 Å². The van der Waals surface area contributed by atoms with Gasteiger partial charge < -0.3 is 18.8 Å². The molecule has 4 rings (SSSR count). The minimum absolute atomic E-state index is 0.479. The Balaban J connectivity index is 1.62. The van der Waals surface area contributed by atoms with Crippen LogP contribution in [0.5, 0.6) is 0 Å². The third-order valence-electron chi connectivity index (χ3n) is 4.58.